The Kier molecular flexibility index (Phi) is 7.56. The van der Waals surface area contributed by atoms with Crippen LogP contribution in [-0.2, 0) is 23.6 Å². The van der Waals surface area contributed by atoms with E-state index in [4.69, 9.17) is 21.3 Å². The Morgan fingerprint density at radius 1 is 0.932 bits per heavy atom. The van der Waals surface area contributed by atoms with Gasteiger partial charge in [0.05, 0.1) is 32.5 Å². The standard InChI is InChI=1S/C35H33ClN4O3S/c1-19-16-26-32(30(21-8-11-24(36)12-9-21)29(19)31(20(2)41)43-35(3,4)5)44-33(38-26)23-14-15-37-25(17-23)22-10-13-27-28(18-22)40(7)34(42)39(27)6/h8-18,31H,1-7H3/t31-/m1/s1. The number of ether oxygens (including phenoxy) is 1. The van der Waals surface area contributed by atoms with Crippen molar-refractivity contribution < 1.29 is 9.53 Å². The quantitative estimate of drug-likeness (QED) is 0.186. The first-order chi connectivity index (χ1) is 20.8. The van der Waals surface area contributed by atoms with Crippen LogP contribution in [0.4, 0.5) is 0 Å². The molecule has 1 atom stereocenters. The van der Waals surface area contributed by atoms with E-state index in [0.29, 0.717) is 5.02 Å². The van der Waals surface area contributed by atoms with E-state index in [1.165, 1.54) is 0 Å². The number of benzene rings is 3. The number of ketones is 1. The van der Waals surface area contributed by atoms with Crippen LogP contribution in [0.25, 0.3) is 54.2 Å². The van der Waals surface area contributed by atoms with Gasteiger partial charge in [-0.15, -0.1) is 11.3 Å². The molecule has 0 N–H and O–H groups in total. The first-order valence-electron chi connectivity index (χ1n) is 14.3. The van der Waals surface area contributed by atoms with Crippen molar-refractivity contribution in [2.75, 3.05) is 0 Å². The van der Waals surface area contributed by atoms with Crippen molar-refractivity contribution in [1.29, 1.82) is 0 Å². The fourth-order valence-corrected chi connectivity index (χ4v) is 6.91. The molecule has 224 valence electrons. The second-order valence-electron chi connectivity index (χ2n) is 12.1. The van der Waals surface area contributed by atoms with Crippen LogP contribution in [-0.4, -0.2) is 30.5 Å². The summed E-state index contributed by atoms with van der Waals surface area (Å²) in [5.41, 5.74) is 8.20. The third-order valence-corrected chi connectivity index (χ3v) is 9.13. The van der Waals surface area contributed by atoms with Crippen molar-refractivity contribution in [2.45, 2.75) is 46.3 Å². The molecule has 0 unspecified atom stereocenters. The van der Waals surface area contributed by atoms with E-state index in [9.17, 15) is 9.59 Å². The maximum absolute atomic E-state index is 13.1. The van der Waals surface area contributed by atoms with Gasteiger partial charge in [0.1, 0.15) is 11.1 Å². The number of hydrogen-bond acceptors (Lipinski definition) is 6. The number of aromatic nitrogens is 4. The van der Waals surface area contributed by atoms with Gasteiger partial charge in [-0.25, -0.2) is 9.78 Å². The lowest BCUT2D eigenvalue weighted by atomic mass is 9.90. The van der Waals surface area contributed by atoms with Crippen molar-refractivity contribution in [2.24, 2.45) is 14.1 Å². The summed E-state index contributed by atoms with van der Waals surface area (Å²) in [7, 11) is 3.55. The molecule has 6 aromatic rings. The predicted octanol–water partition coefficient (Wildman–Crippen LogP) is 8.29. The Morgan fingerprint density at radius 2 is 1.61 bits per heavy atom. The highest BCUT2D eigenvalue weighted by molar-refractivity contribution is 7.22. The highest BCUT2D eigenvalue weighted by atomic mass is 35.5. The van der Waals surface area contributed by atoms with Gasteiger partial charge >= 0.3 is 5.69 Å². The minimum Gasteiger partial charge on any atom is -0.360 e. The molecule has 0 amide bonds. The van der Waals surface area contributed by atoms with E-state index in [0.717, 1.165) is 65.3 Å². The summed E-state index contributed by atoms with van der Waals surface area (Å²) >= 11 is 7.85. The number of hydrogen-bond donors (Lipinski definition) is 0. The van der Waals surface area contributed by atoms with E-state index in [1.54, 1.807) is 47.7 Å². The number of aryl methyl sites for hydroxylation is 3. The normalized spacial score (nSPS) is 12.7. The Morgan fingerprint density at radius 3 is 2.30 bits per heavy atom. The molecule has 0 fully saturated rings. The number of thiazole rings is 1. The highest BCUT2D eigenvalue weighted by Crippen LogP contribution is 2.44. The van der Waals surface area contributed by atoms with Crippen LogP contribution >= 0.6 is 22.9 Å². The average Bonchev–Trinajstić information content (AvgIpc) is 3.50. The highest BCUT2D eigenvalue weighted by Gasteiger charge is 2.30. The van der Waals surface area contributed by atoms with E-state index in [1.807, 2.05) is 88.4 Å². The van der Waals surface area contributed by atoms with Crippen molar-refractivity contribution in [3.8, 4) is 33.0 Å². The number of halogens is 1. The van der Waals surface area contributed by atoms with Crippen LogP contribution in [0.3, 0.4) is 0 Å². The van der Waals surface area contributed by atoms with Crippen LogP contribution in [0.1, 0.15) is 44.9 Å². The average molecular weight is 625 g/mol. The molecule has 0 radical (unpaired) electrons. The Labute approximate surface area is 264 Å². The number of nitrogens with zero attached hydrogens (tertiary/aromatic N) is 4. The van der Waals surface area contributed by atoms with E-state index in [2.05, 4.69) is 4.98 Å². The first kappa shape index (κ1) is 29.9. The van der Waals surface area contributed by atoms with E-state index >= 15 is 0 Å². The first-order valence-corrected chi connectivity index (χ1v) is 15.5. The van der Waals surface area contributed by atoms with Gasteiger partial charge in [0.25, 0.3) is 0 Å². The van der Waals surface area contributed by atoms with Gasteiger partial charge < -0.3 is 4.74 Å². The molecule has 0 aliphatic rings. The number of carbonyl (C=O) groups excluding carboxylic acids is 1. The summed E-state index contributed by atoms with van der Waals surface area (Å²) in [6, 6.07) is 19.6. The molecule has 0 aliphatic carbocycles. The van der Waals surface area contributed by atoms with E-state index in [-0.39, 0.29) is 11.5 Å². The smallest absolute Gasteiger partial charge is 0.328 e. The van der Waals surface area contributed by atoms with Gasteiger partial charge in [-0.3, -0.25) is 18.9 Å². The summed E-state index contributed by atoms with van der Waals surface area (Å²) in [4.78, 5) is 35.3. The number of Topliss-reactive ketones (excluding diaryl/α,β-unsaturated/α-hetero) is 1. The molecule has 0 saturated heterocycles. The zero-order valence-electron chi connectivity index (χ0n) is 25.7. The topological polar surface area (TPSA) is 79.0 Å². The van der Waals surface area contributed by atoms with Gasteiger partial charge in [0, 0.05) is 47.6 Å². The van der Waals surface area contributed by atoms with Crippen molar-refractivity contribution >= 4 is 50.0 Å². The number of fused-ring (bicyclic) bond motifs is 2. The monoisotopic (exact) mass is 624 g/mol. The molecule has 3 aromatic carbocycles. The van der Waals surface area contributed by atoms with Crippen LogP contribution < -0.4 is 5.69 Å². The van der Waals surface area contributed by atoms with Gasteiger partial charge in [0.2, 0.25) is 0 Å². The van der Waals surface area contributed by atoms with Crippen LogP contribution in [0.5, 0.6) is 0 Å². The minimum absolute atomic E-state index is 0.0611. The second kappa shape index (κ2) is 11.1. The Bertz CT molecular complexity index is 2130. The van der Waals surface area contributed by atoms with Crippen LogP contribution in [0.2, 0.25) is 5.02 Å². The fraction of sp³-hybridized carbons (Fsp3) is 0.257. The van der Waals surface area contributed by atoms with Gasteiger partial charge in [-0.05, 0) is 88.2 Å². The van der Waals surface area contributed by atoms with Crippen LogP contribution in [0.15, 0.2) is 71.7 Å². The number of pyridine rings is 1. The zero-order chi connectivity index (χ0) is 31.5. The maximum Gasteiger partial charge on any atom is 0.328 e. The van der Waals surface area contributed by atoms with Gasteiger partial charge in [-0.2, -0.15) is 0 Å². The molecule has 6 rings (SSSR count). The minimum atomic E-state index is -0.743. The van der Waals surface area contributed by atoms with Gasteiger partial charge in [-0.1, -0.05) is 29.8 Å². The summed E-state index contributed by atoms with van der Waals surface area (Å²) in [6.07, 6.45) is 1.04. The SMILES string of the molecule is CC(=O)[C@@H](OC(C)(C)C)c1c(C)cc2nc(-c3ccnc(-c4ccc5c(c4)n(C)c(=O)n5C)c3)sc2c1-c1ccc(Cl)cc1. The number of carbonyl (C=O) groups is 1. The lowest BCUT2D eigenvalue weighted by Gasteiger charge is -2.29. The van der Waals surface area contributed by atoms with E-state index < -0.39 is 11.7 Å². The van der Waals surface area contributed by atoms with Crippen molar-refractivity contribution in [3.63, 3.8) is 0 Å². The van der Waals surface area contributed by atoms with Crippen LogP contribution in [0, 0.1) is 6.92 Å². The molecule has 9 heteroatoms. The third-order valence-electron chi connectivity index (χ3n) is 7.74. The largest absolute Gasteiger partial charge is 0.360 e. The molecule has 7 nitrogen and oxygen atoms in total. The van der Waals surface area contributed by atoms with Crippen molar-refractivity contribution in [1.82, 2.24) is 19.1 Å². The molecule has 0 saturated carbocycles. The molecule has 3 heterocycles. The fourth-order valence-electron chi connectivity index (χ4n) is 5.66. The number of imidazole rings is 1. The van der Waals surface area contributed by atoms with Crippen molar-refractivity contribution in [3.05, 3.63) is 93.5 Å². The molecule has 0 bridgehead atoms. The molecule has 0 spiro atoms. The van der Waals surface area contributed by atoms with Gasteiger partial charge in [0.15, 0.2) is 5.78 Å². The summed E-state index contributed by atoms with van der Waals surface area (Å²) in [6.45, 7) is 9.46. The maximum atomic E-state index is 13.1. The zero-order valence-corrected chi connectivity index (χ0v) is 27.3. The molecular weight excluding hydrogens is 592 g/mol. The molecule has 3 aromatic heterocycles. The molecule has 0 aliphatic heterocycles. The molecule has 44 heavy (non-hydrogen) atoms. The summed E-state index contributed by atoms with van der Waals surface area (Å²) < 4.78 is 10.6. The summed E-state index contributed by atoms with van der Waals surface area (Å²) in [5.74, 6) is -0.0611. The Hall–Kier alpha value is -4.11. The lowest BCUT2D eigenvalue weighted by molar-refractivity contribution is -0.138. The summed E-state index contributed by atoms with van der Waals surface area (Å²) in [5, 5.41) is 1.47. The predicted molar refractivity (Wildman–Crippen MR) is 179 cm³/mol. The lowest BCUT2D eigenvalue weighted by Crippen LogP contribution is -2.27. The number of rotatable bonds is 6. The third kappa shape index (κ3) is 5.38. The molecular formula is C35H33ClN4O3S. The second-order valence-corrected chi connectivity index (χ2v) is 13.5. The Balaban J connectivity index is 1.53.